The molecule has 0 unspecified atom stereocenters. The second-order valence-corrected chi connectivity index (χ2v) is 4.73. The minimum Gasteiger partial charge on any atom is -0.487 e. The maximum atomic E-state index is 13.5. The highest BCUT2D eigenvalue weighted by molar-refractivity contribution is 7.17. The molecule has 4 heteroatoms. The van der Waals surface area contributed by atoms with Gasteiger partial charge in [0.25, 0.3) is 0 Å². The van der Waals surface area contributed by atoms with Crippen molar-refractivity contribution in [3.63, 3.8) is 0 Å². The van der Waals surface area contributed by atoms with Gasteiger partial charge in [0.05, 0.1) is 10.9 Å². The first-order valence-electron chi connectivity index (χ1n) is 5.52. The third kappa shape index (κ3) is 2.07. The van der Waals surface area contributed by atoms with Gasteiger partial charge in [0.15, 0.2) is 0 Å². The van der Waals surface area contributed by atoms with Crippen LogP contribution in [0, 0.1) is 5.82 Å². The van der Waals surface area contributed by atoms with Gasteiger partial charge < -0.3 is 4.74 Å². The normalized spacial score (nSPS) is 10.7. The molecule has 0 fully saturated rings. The number of fused-ring (bicyclic) bond motifs is 1. The molecule has 0 bridgehead atoms. The average molecular weight is 259 g/mol. The first-order chi connectivity index (χ1) is 8.84. The van der Waals surface area contributed by atoms with E-state index < -0.39 is 0 Å². The minimum atomic E-state index is -0.176. The second-order valence-electron chi connectivity index (χ2n) is 3.85. The van der Waals surface area contributed by atoms with E-state index in [0.29, 0.717) is 17.1 Å². The highest BCUT2D eigenvalue weighted by atomic mass is 32.1. The molecular formula is C14H10FNOS. The molecule has 0 atom stereocenters. The summed E-state index contributed by atoms with van der Waals surface area (Å²) in [4.78, 5) is 3.98. The van der Waals surface area contributed by atoms with Gasteiger partial charge in [-0.1, -0.05) is 12.1 Å². The third-order valence-corrected chi connectivity index (χ3v) is 3.71. The monoisotopic (exact) mass is 259 g/mol. The zero-order valence-corrected chi connectivity index (χ0v) is 10.3. The number of nitrogens with zero attached hydrogens (tertiary/aromatic N) is 1. The number of benzene rings is 1. The van der Waals surface area contributed by atoms with E-state index in [2.05, 4.69) is 4.98 Å². The summed E-state index contributed by atoms with van der Waals surface area (Å²) in [5, 5.41) is 2.85. The van der Waals surface area contributed by atoms with Gasteiger partial charge in [-0.3, -0.25) is 4.98 Å². The Labute approximate surface area is 108 Å². The molecule has 2 nitrogen and oxygen atoms in total. The lowest BCUT2D eigenvalue weighted by molar-refractivity contribution is 0.307. The van der Waals surface area contributed by atoms with Crippen LogP contribution in [0.4, 0.5) is 4.39 Å². The smallest absolute Gasteiger partial charge is 0.140 e. The van der Waals surface area contributed by atoms with Crippen molar-refractivity contribution in [3.05, 3.63) is 59.5 Å². The summed E-state index contributed by atoms with van der Waals surface area (Å²) in [5.41, 5.74) is 0.998. The van der Waals surface area contributed by atoms with Crippen LogP contribution in [0.2, 0.25) is 0 Å². The SMILES string of the molecule is Fc1cccc2c(COc3cccnc3)csc12. The summed E-state index contributed by atoms with van der Waals surface area (Å²) >= 11 is 1.41. The van der Waals surface area contributed by atoms with Crippen molar-refractivity contribution in [1.29, 1.82) is 0 Å². The maximum absolute atomic E-state index is 13.5. The number of pyridine rings is 1. The second kappa shape index (κ2) is 4.74. The fraction of sp³-hybridized carbons (Fsp3) is 0.0714. The molecule has 3 aromatic rings. The Morgan fingerprint density at radius 2 is 2.17 bits per heavy atom. The van der Waals surface area contributed by atoms with E-state index in [1.165, 1.54) is 17.4 Å². The lowest BCUT2D eigenvalue weighted by Gasteiger charge is -2.04. The van der Waals surface area contributed by atoms with E-state index >= 15 is 0 Å². The molecule has 0 radical (unpaired) electrons. The minimum absolute atomic E-state index is 0.176. The third-order valence-electron chi connectivity index (χ3n) is 2.66. The highest BCUT2D eigenvalue weighted by Gasteiger charge is 2.08. The number of halogens is 1. The molecular weight excluding hydrogens is 249 g/mol. The van der Waals surface area contributed by atoms with Crippen molar-refractivity contribution >= 4 is 21.4 Å². The van der Waals surface area contributed by atoms with Crippen LogP contribution in [-0.2, 0) is 6.61 Å². The molecule has 2 aromatic heterocycles. The summed E-state index contributed by atoms with van der Waals surface area (Å²) in [6, 6.07) is 8.78. The standard InChI is InChI=1S/C14H10FNOS/c15-13-5-1-4-12-10(9-18-14(12)13)8-17-11-3-2-6-16-7-11/h1-7,9H,8H2. The summed E-state index contributed by atoms with van der Waals surface area (Å²) in [7, 11) is 0. The highest BCUT2D eigenvalue weighted by Crippen LogP contribution is 2.28. The van der Waals surface area contributed by atoms with Gasteiger partial charge >= 0.3 is 0 Å². The molecule has 3 rings (SSSR count). The van der Waals surface area contributed by atoms with Gasteiger partial charge in [0.2, 0.25) is 0 Å². The lowest BCUT2D eigenvalue weighted by atomic mass is 10.2. The van der Waals surface area contributed by atoms with Gasteiger partial charge in [-0.2, -0.15) is 0 Å². The molecule has 0 amide bonds. The van der Waals surface area contributed by atoms with Gasteiger partial charge in [-0.15, -0.1) is 11.3 Å². The Bertz CT molecular complexity index is 666. The Morgan fingerprint density at radius 3 is 3.00 bits per heavy atom. The molecule has 0 spiro atoms. The summed E-state index contributed by atoms with van der Waals surface area (Å²) in [6.45, 7) is 0.426. The summed E-state index contributed by atoms with van der Waals surface area (Å²) in [6.07, 6.45) is 3.36. The van der Waals surface area contributed by atoms with Crippen LogP contribution in [0.3, 0.4) is 0 Å². The average Bonchev–Trinajstić information content (AvgIpc) is 2.82. The van der Waals surface area contributed by atoms with Crippen molar-refractivity contribution in [1.82, 2.24) is 4.98 Å². The van der Waals surface area contributed by atoms with E-state index in [-0.39, 0.29) is 5.82 Å². The van der Waals surface area contributed by atoms with Gasteiger partial charge in [0.1, 0.15) is 18.2 Å². The van der Waals surface area contributed by atoms with Gasteiger partial charge in [-0.05, 0) is 23.6 Å². The number of ether oxygens (including phenoxy) is 1. The Hall–Kier alpha value is -1.94. The van der Waals surface area contributed by atoms with Crippen LogP contribution < -0.4 is 4.74 Å². The molecule has 1 aromatic carbocycles. The van der Waals surface area contributed by atoms with E-state index in [1.807, 2.05) is 23.6 Å². The van der Waals surface area contributed by atoms with Crippen molar-refractivity contribution in [2.24, 2.45) is 0 Å². The molecule has 0 N–H and O–H groups in total. The van der Waals surface area contributed by atoms with Crippen LogP contribution in [-0.4, -0.2) is 4.98 Å². The van der Waals surface area contributed by atoms with Crippen molar-refractivity contribution in [2.45, 2.75) is 6.61 Å². The number of aromatic nitrogens is 1. The summed E-state index contributed by atoms with van der Waals surface area (Å²) in [5.74, 6) is 0.540. The lowest BCUT2D eigenvalue weighted by Crippen LogP contribution is -1.94. The van der Waals surface area contributed by atoms with Crippen molar-refractivity contribution in [3.8, 4) is 5.75 Å². The van der Waals surface area contributed by atoms with Crippen LogP contribution in [0.5, 0.6) is 5.75 Å². The van der Waals surface area contributed by atoms with Gasteiger partial charge in [-0.25, -0.2) is 4.39 Å². The van der Waals surface area contributed by atoms with Crippen LogP contribution in [0.15, 0.2) is 48.1 Å². The first kappa shape index (κ1) is 11.2. The van der Waals surface area contributed by atoms with E-state index in [4.69, 9.17) is 4.74 Å². The number of thiophene rings is 1. The summed E-state index contributed by atoms with van der Waals surface area (Å²) < 4.78 is 19.8. The molecule has 0 aliphatic rings. The predicted octanol–water partition coefficient (Wildman–Crippen LogP) is 4.01. The van der Waals surface area contributed by atoms with Crippen LogP contribution in [0.1, 0.15) is 5.56 Å². The number of rotatable bonds is 3. The van der Waals surface area contributed by atoms with E-state index in [1.54, 1.807) is 18.5 Å². The molecule has 0 aliphatic carbocycles. The largest absolute Gasteiger partial charge is 0.487 e. The first-order valence-corrected chi connectivity index (χ1v) is 6.40. The van der Waals surface area contributed by atoms with Crippen molar-refractivity contribution in [2.75, 3.05) is 0 Å². The Morgan fingerprint density at radius 1 is 1.22 bits per heavy atom. The fourth-order valence-electron chi connectivity index (χ4n) is 1.78. The molecule has 90 valence electrons. The van der Waals surface area contributed by atoms with Crippen molar-refractivity contribution < 1.29 is 9.13 Å². The van der Waals surface area contributed by atoms with Crippen LogP contribution >= 0.6 is 11.3 Å². The predicted molar refractivity (Wildman–Crippen MR) is 70.4 cm³/mol. The molecule has 18 heavy (non-hydrogen) atoms. The van der Waals surface area contributed by atoms with Gasteiger partial charge in [0, 0.05) is 17.1 Å². The molecule has 2 heterocycles. The zero-order chi connectivity index (χ0) is 12.4. The number of hydrogen-bond acceptors (Lipinski definition) is 3. The Balaban J connectivity index is 1.85. The molecule has 0 aliphatic heterocycles. The maximum Gasteiger partial charge on any atom is 0.140 e. The zero-order valence-electron chi connectivity index (χ0n) is 9.47. The Kier molecular flexibility index (Phi) is 2.94. The molecule has 0 saturated heterocycles. The molecule has 0 saturated carbocycles. The topological polar surface area (TPSA) is 22.1 Å². The fourth-order valence-corrected chi connectivity index (χ4v) is 2.74. The van der Waals surface area contributed by atoms with E-state index in [9.17, 15) is 4.39 Å². The van der Waals surface area contributed by atoms with Crippen LogP contribution in [0.25, 0.3) is 10.1 Å². The quantitative estimate of drug-likeness (QED) is 0.709. The number of hydrogen-bond donors (Lipinski definition) is 0. The van der Waals surface area contributed by atoms with E-state index in [0.717, 1.165) is 10.9 Å².